The lowest BCUT2D eigenvalue weighted by molar-refractivity contribution is -0.140. The molecule has 1 atom stereocenters. The van der Waals surface area contributed by atoms with Gasteiger partial charge in [-0.15, -0.1) is 0 Å². The number of halogens is 1. The van der Waals surface area contributed by atoms with Crippen LogP contribution in [-0.2, 0) is 16.1 Å². The average Bonchev–Trinajstić information content (AvgIpc) is 3.06. The number of pyridine rings is 1. The van der Waals surface area contributed by atoms with Crippen LogP contribution in [0.4, 0.5) is 4.39 Å². The van der Waals surface area contributed by atoms with Gasteiger partial charge in [-0.1, -0.05) is 24.3 Å². The number of amides is 1. The summed E-state index contributed by atoms with van der Waals surface area (Å²) >= 11 is 0. The second-order valence-electron chi connectivity index (χ2n) is 7.49. The van der Waals surface area contributed by atoms with Gasteiger partial charge in [0.15, 0.2) is 0 Å². The van der Waals surface area contributed by atoms with E-state index in [4.69, 9.17) is 4.74 Å². The maximum Gasteiger partial charge on any atom is 0.295 e. The van der Waals surface area contributed by atoms with E-state index in [0.29, 0.717) is 22.4 Å². The number of aliphatic hydroxyl groups is 1. The van der Waals surface area contributed by atoms with Gasteiger partial charge in [0.25, 0.3) is 11.7 Å². The van der Waals surface area contributed by atoms with E-state index in [2.05, 4.69) is 4.98 Å². The lowest BCUT2D eigenvalue weighted by atomic mass is 9.95. The van der Waals surface area contributed by atoms with Gasteiger partial charge in [-0.25, -0.2) is 4.39 Å². The zero-order valence-corrected chi connectivity index (χ0v) is 17.6. The van der Waals surface area contributed by atoms with Crippen LogP contribution in [0.3, 0.4) is 0 Å². The Bertz CT molecular complexity index is 1220. The Morgan fingerprint density at radius 3 is 2.62 bits per heavy atom. The van der Waals surface area contributed by atoms with Crippen molar-refractivity contribution < 1.29 is 23.8 Å². The van der Waals surface area contributed by atoms with Crippen LogP contribution in [0.15, 0.2) is 72.6 Å². The van der Waals surface area contributed by atoms with Crippen LogP contribution < -0.4 is 4.74 Å². The molecule has 1 aromatic heterocycles. The van der Waals surface area contributed by atoms with Crippen molar-refractivity contribution in [3.05, 3.63) is 101 Å². The Labute approximate surface area is 184 Å². The third-order valence-electron chi connectivity index (χ3n) is 5.50. The van der Waals surface area contributed by atoms with Gasteiger partial charge in [0.1, 0.15) is 17.3 Å². The number of Topliss-reactive ketones (excluding diaryl/α,β-unsaturated/α-hetero) is 1. The molecule has 2 aromatic carbocycles. The first-order valence-corrected chi connectivity index (χ1v) is 9.99. The number of methoxy groups -OCH3 is 1. The number of ether oxygens (including phenoxy) is 1. The van der Waals surface area contributed by atoms with Gasteiger partial charge in [-0.05, 0) is 48.4 Å². The third-order valence-corrected chi connectivity index (χ3v) is 5.50. The largest absolute Gasteiger partial charge is 0.507 e. The molecule has 1 N–H and O–H groups in total. The normalized spacial score (nSPS) is 17.6. The summed E-state index contributed by atoms with van der Waals surface area (Å²) in [4.78, 5) is 31.7. The highest BCUT2D eigenvalue weighted by atomic mass is 19.1. The standard InChI is InChI=1S/C25H21FN2O4/c1-15-12-16(9-10-19(15)26)23(29)21-22(17-7-5-11-27-13-17)28(25(31)24(21)30)14-18-6-3-4-8-20(18)32-2/h3-13,22,29H,14H2,1-2H3/b23-21-. The van der Waals surface area contributed by atoms with Crippen LogP contribution >= 0.6 is 0 Å². The molecule has 0 radical (unpaired) electrons. The van der Waals surface area contributed by atoms with Crippen LogP contribution in [0.25, 0.3) is 5.76 Å². The molecule has 1 amide bonds. The topological polar surface area (TPSA) is 79.7 Å². The molecule has 1 aliphatic rings. The Kier molecular flexibility index (Phi) is 5.73. The quantitative estimate of drug-likeness (QED) is 0.372. The Morgan fingerprint density at radius 1 is 1.16 bits per heavy atom. The molecule has 1 saturated heterocycles. The molecule has 0 spiro atoms. The fourth-order valence-corrected chi connectivity index (χ4v) is 3.89. The zero-order chi connectivity index (χ0) is 22.8. The minimum atomic E-state index is -0.862. The molecule has 162 valence electrons. The second kappa shape index (κ2) is 8.63. The molecule has 3 aromatic rings. The molecule has 1 unspecified atom stereocenters. The van der Waals surface area contributed by atoms with Crippen LogP contribution in [0, 0.1) is 12.7 Å². The number of aliphatic hydroxyl groups excluding tert-OH is 1. The molecular weight excluding hydrogens is 411 g/mol. The number of aryl methyl sites for hydroxylation is 1. The number of likely N-dealkylation sites (tertiary alicyclic amines) is 1. The number of para-hydroxylation sites is 1. The molecule has 1 fully saturated rings. The molecule has 1 aliphatic heterocycles. The van der Waals surface area contributed by atoms with Gasteiger partial charge in [-0.2, -0.15) is 0 Å². The maximum atomic E-state index is 13.7. The van der Waals surface area contributed by atoms with Gasteiger partial charge < -0.3 is 14.7 Å². The maximum absolute atomic E-state index is 13.7. The minimum Gasteiger partial charge on any atom is -0.507 e. The van der Waals surface area contributed by atoms with Crippen molar-refractivity contribution in [1.29, 1.82) is 0 Å². The highest BCUT2D eigenvalue weighted by Gasteiger charge is 2.46. The van der Waals surface area contributed by atoms with Gasteiger partial charge >= 0.3 is 0 Å². The first kappa shape index (κ1) is 21.2. The summed E-state index contributed by atoms with van der Waals surface area (Å²) < 4.78 is 19.1. The Hall–Kier alpha value is -4.00. The molecule has 7 heteroatoms. The van der Waals surface area contributed by atoms with Crippen molar-refractivity contribution in [3.8, 4) is 5.75 Å². The SMILES string of the molecule is COc1ccccc1CN1C(=O)C(=O)/C(=C(\O)c2ccc(F)c(C)c2)C1c1cccnc1. The highest BCUT2D eigenvalue weighted by molar-refractivity contribution is 6.46. The molecule has 6 nitrogen and oxygen atoms in total. The zero-order valence-electron chi connectivity index (χ0n) is 17.6. The van der Waals surface area contributed by atoms with Crippen molar-refractivity contribution in [2.45, 2.75) is 19.5 Å². The predicted molar refractivity (Wildman–Crippen MR) is 116 cm³/mol. The van der Waals surface area contributed by atoms with E-state index < -0.39 is 23.5 Å². The van der Waals surface area contributed by atoms with Gasteiger partial charge in [-0.3, -0.25) is 14.6 Å². The molecular formula is C25H21FN2O4. The van der Waals surface area contributed by atoms with Crippen molar-refractivity contribution in [2.75, 3.05) is 7.11 Å². The fraction of sp³-hybridized carbons (Fsp3) is 0.160. The monoisotopic (exact) mass is 432 g/mol. The molecule has 32 heavy (non-hydrogen) atoms. The second-order valence-corrected chi connectivity index (χ2v) is 7.49. The molecule has 0 aliphatic carbocycles. The molecule has 0 saturated carbocycles. The lowest BCUT2D eigenvalue weighted by Crippen LogP contribution is -2.29. The number of carbonyl (C=O) groups is 2. The summed E-state index contributed by atoms with van der Waals surface area (Å²) in [5.41, 5.74) is 1.79. The van der Waals surface area contributed by atoms with E-state index in [9.17, 15) is 19.1 Å². The van der Waals surface area contributed by atoms with E-state index in [0.717, 1.165) is 0 Å². The predicted octanol–water partition coefficient (Wildman–Crippen LogP) is 4.16. The first-order chi connectivity index (χ1) is 15.4. The highest BCUT2D eigenvalue weighted by Crippen LogP contribution is 2.40. The Morgan fingerprint density at radius 2 is 1.94 bits per heavy atom. The van der Waals surface area contributed by atoms with Crippen LogP contribution in [0.1, 0.15) is 28.3 Å². The number of benzene rings is 2. The summed E-state index contributed by atoms with van der Waals surface area (Å²) in [6.45, 7) is 1.65. The van der Waals surface area contributed by atoms with Crippen molar-refractivity contribution >= 4 is 17.4 Å². The number of aromatic nitrogens is 1. The number of nitrogens with zero attached hydrogens (tertiary/aromatic N) is 2. The van der Waals surface area contributed by atoms with Gasteiger partial charge in [0.05, 0.1) is 25.3 Å². The van der Waals surface area contributed by atoms with Crippen LogP contribution in [0.5, 0.6) is 5.75 Å². The smallest absolute Gasteiger partial charge is 0.295 e. The molecule has 4 rings (SSSR count). The Balaban J connectivity index is 1.87. The average molecular weight is 432 g/mol. The van der Waals surface area contributed by atoms with Crippen LogP contribution in [0.2, 0.25) is 0 Å². The van der Waals surface area contributed by atoms with Crippen molar-refractivity contribution in [1.82, 2.24) is 9.88 Å². The van der Waals surface area contributed by atoms with Crippen LogP contribution in [-0.4, -0.2) is 33.8 Å². The van der Waals surface area contributed by atoms with E-state index in [1.165, 1.54) is 30.2 Å². The fourth-order valence-electron chi connectivity index (χ4n) is 3.89. The number of hydrogen-bond acceptors (Lipinski definition) is 5. The van der Waals surface area contributed by atoms with E-state index in [1.807, 2.05) is 18.2 Å². The molecule has 0 bridgehead atoms. The summed E-state index contributed by atoms with van der Waals surface area (Å²) in [5.74, 6) is -1.77. The number of rotatable bonds is 5. The number of hydrogen-bond donors (Lipinski definition) is 1. The summed E-state index contributed by atoms with van der Waals surface area (Å²) in [6.07, 6.45) is 3.13. The summed E-state index contributed by atoms with van der Waals surface area (Å²) in [6, 6.07) is 13.8. The number of carbonyl (C=O) groups excluding carboxylic acids is 2. The minimum absolute atomic E-state index is 0.0658. The van der Waals surface area contributed by atoms with E-state index >= 15 is 0 Å². The van der Waals surface area contributed by atoms with E-state index in [-0.39, 0.29) is 23.4 Å². The van der Waals surface area contributed by atoms with Gasteiger partial charge in [0.2, 0.25) is 0 Å². The summed E-state index contributed by atoms with van der Waals surface area (Å²) in [5, 5.41) is 11.1. The third kappa shape index (κ3) is 3.73. The first-order valence-electron chi connectivity index (χ1n) is 9.99. The molecule has 2 heterocycles. The number of ketones is 1. The van der Waals surface area contributed by atoms with Crippen molar-refractivity contribution in [2.24, 2.45) is 0 Å². The van der Waals surface area contributed by atoms with Crippen molar-refractivity contribution in [3.63, 3.8) is 0 Å². The summed E-state index contributed by atoms with van der Waals surface area (Å²) in [7, 11) is 1.53. The lowest BCUT2D eigenvalue weighted by Gasteiger charge is -2.25. The van der Waals surface area contributed by atoms with Gasteiger partial charge in [0, 0.05) is 23.5 Å². The van der Waals surface area contributed by atoms with E-state index in [1.54, 1.807) is 37.5 Å².